The summed E-state index contributed by atoms with van der Waals surface area (Å²) in [6.45, 7) is 3.05. The molecule has 0 aliphatic rings. The highest BCUT2D eigenvalue weighted by Crippen LogP contribution is 2.18. The number of nitrogens with one attached hydrogen (secondary N) is 1. The molecule has 0 amide bonds. The maximum absolute atomic E-state index is 4.33. The minimum atomic E-state index is 0.253. The quantitative estimate of drug-likeness (QED) is 0.853. The second kappa shape index (κ2) is 6.47. The van der Waals surface area contributed by atoms with Gasteiger partial charge in [0.25, 0.3) is 0 Å². The Morgan fingerprint density at radius 3 is 2.76 bits per heavy atom. The van der Waals surface area contributed by atoms with E-state index in [4.69, 9.17) is 0 Å². The maximum atomic E-state index is 4.33. The zero-order valence-corrected chi connectivity index (χ0v) is 10.8. The first kappa shape index (κ1) is 12.2. The van der Waals surface area contributed by atoms with Crippen LogP contribution in [0.25, 0.3) is 0 Å². The molecule has 0 saturated heterocycles. The molecule has 0 spiro atoms. The molecular formula is C13H17N3S. The van der Waals surface area contributed by atoms with Crippen molar-refractivity contribution in [3.8, 4) is 0 Å². The van der Waals surface area contributed by atoms with Crippen molar-refractivity contribution in [3.05, 3.63) is 46.7 Å². The van der Waals surface area contributed by atoms with Crippen LogP contribution < -0.4 is 5.32 Å². The van der Waals surface area contributed by atoms with Gasteiger partial charge in [0.1, 0.15) is 5.82 Å². The fourth-order valence-corrected chi connectivity index (χ4v) is 2.53. The zero-order valence-electron chi connectivity index (χ0n) is 9.97. The van der Waals surface area contributed by atoms with E-state index in [2.05, 4.69) is 39.7 Å². The van der Waals surface area contributed by atoms with E-state index in [0.717, 1.165) is 25.2 Å². The van der Waals surface area contributed by atoms with Gasteiger partial charge in [-0.15, -0.1) is 11.3 Å². The first-order valence-corrected chi connectivity index (χ1v) is 6.80. The van der Waals surface area contributed by atoms with Crippen LogP contribution in [-0.2, 0) is 6.42 Å². The lowest BCUT2D eigenvalue weighted by Crippen LogP contribution is -2.23. The van der Waals surface area contributed by atoms with E-state index in [-0.39, 0.29) is 6.04 Å². The van der Waals surface area contributed by atoms with Crippen molar-refractivity contribution in [1.29, 1.82) is 0 Å². The molecule has 90 valence electrons. The largest absolute Gasteiger partial charge is 0.308 e. The van der Waals surface area contributed by atoms with Gasteiger partial charge in [0, 0.05) is 17.3 Å². The van der Waals surface area contributed by atoms with Gasteiger partial charge in [0.05, 0.1) is 6.04 Å². The topological polar surface area (TPSA) is 37.8 Å². The summed E-state index contributed by atoms with van der Waals surface area (Å²) in [5, 5.41) is 5.56. The number of hydrogen-bond donors (Lipinski definition) is 1. The summed E-state index contributed by atoms with van der Waals surface area (Å²) in [5.74, 6) is 0.894. The molecule has 2 aromatic rings. The third kappa shape index (κ3) is 3.61. The van der Waals surface area contributed by atoms with Crippen LogP contribution in [0, 0.1) is 0 Å². The minimum absolute atomic E-state index is 0.253. The van der Waals surface area contributed by atoms with Crippen LogP contribution in [0.15, 0.2) is 36.0 Å². The molecule has 0 aliphatic carbocycles. The van der Waals surface area contributed by atoms with Crippen LogP contribution in [0.4, 0.5) is 0 Å². The van der Waals surface area contributed by atoms with Crippen molar-refractivity contribution in [2.75, 3.05) is 6.54 Å². The second-order valence-corrected chi connectivity index (χ2v) is 4.87. The third-order valence-corrected chi connectivity index (χ3v) is 3.54. The van der Waals surface area contributed by atoms with Crippen LogP contribution in [0.2, 0.25) is 0 Å². The Morgan fingerprint density at radius 1 is 1.29 bits per heavy atom. The molecule has 2 aromatic heterocycles. The highest BCUT2D eigenvalue weighted by atomic mass is 32.1. The summed E-state index contributed by atoms with van der Waals surface area (Å²) in [4.78, 5) is 10.1. The van der Waals surface area contributed by atoms with E-state index in [1.807, 2.05) is 17.4 Å². The van der Waals surface area contributed by atoms with Gasteiger partial charge in [0.2, 0.25) is 0 Å². The fourth-order valence-electron chi connectivity index (χ4n) is 1.80. The summed E-state index contributed by atoms with van der Waals surface area (Å²) < 4.78 is 0. The standard InChI is InChI=1S/C13H17N3S/c1-2-14-12(13-15-8-4-9-16-13)7-6-11-5-3-10-17-11/h3-5,8-10,12,14H,2,6-7H2,1H3. The van der Waals surface area contributed by atoms with Gasteiger partial charge in [-0.3, -0.25) is 0 Å². The predicted octanol–water partition coefficient (Wildman–Crippen LogP) is 2.82. The molecule has 0 saturated carbocycles. The van der Waals surface area contributed by atoms with E-state index in [1.165, 1.54) is 4.88 Å². The molecule has 0 aromatic carbocycles. The number of nitrogens with zero attached hydrogens (tertiary/aromatic N) is 2. The number of thiophene rings is 1. The lowest BCUT2D eigenvalue weighted by molar-refractivity contribution is 0.492. The smallest absolute Gasteiger partial charge is 0.145 e. The molecule has 0 aliphatic heterocycles. The highest BCUT2D eigenvalue weighted by Gasteiger charge is 2.12. The molecule has 1 atom stereocenters. The zero-order chi connectivity index (χ0) is 11.9. The van der Waals surface area contributed by atoms with Gasteiger partial charge >= 0.3 is 0 Å². The van der Waals surface area contributed by atoms with Crippen LogP contribution in [-0.4, -0.2) is 16.5 Å². The van der Waals surface area contributed by atoms with E-state index in [1.54, 1.807) is 12.4 Å². The first-order valence-electron chi connectivity index (χ1n) is 5.93. The SMILES string of the molecule is CCNC(CCc1cccs1)c1ncccn1. The van der Waals surface area contributed by atoms with Crippen molar-refractivity contribution in [2.24, 2.45) is 0 Å². The molecular weight excluding hydrogens is 230 g/mol. The Morgan fingerprint density at radius 2 is 2.12 bits per heavy atom. The van der Waals surface area contributed by atoms with Crippen LogP contribution >= 0.6 is 11.3 Å². The summed E-state index contributed by atoms with van der Waals surface area (Å²) in [6.07, 6.45) is 5.72. The molecule has 1 N–H and O–H groups in total. The Bertz CT molecular complexity index is 413. The van der Waals surface area contributed by atoms with Crippen molar-refractivity contribution in [1.82, 2.24) is 15.3 Å². The monoisotopic (exact) mass is 247 g/mol. The molecule has 0 fully saturated rings. The lowest BCUT2D eigenvalue weighted by atomic mass is 10.1. The average Bonchev–Trinajstić information content (AvgIpc) is 2.88. The number of aryl methyl sites for hydroxylation is 1. The number of hydrogen-bond acceptors (Lipinski definition) is 4. The predicted molar refractivity (Wildman–Crippen MR) is 71.1 cm³/mol. The summed E-state index contributed by atoms with van der Waals surface area (Å²) in [5.41, 5.74) is 0. The van der Waals surface area contributed by atoms with Gasteiger partial charge in [-0.05, 0) is 36.9 Å². The van der Waals surface area contributed by atoms with Gasteiger partial charge in [-0.2, -0.15) is 0 Å². The maximum Gasteiger partial charge on any atom is 0.145 e. The summed E-state index contributed by atoms with van der Waals surface area (Å²) >= 11 is 1.81. The highest BCUT2D eigenvalue weighted by molar-refractivity contribution is 7.09. The minimum Gasteiger partial charge on any atom is -0.308 e. The van der Waals surface area contributed by atoms with E-state index in [0.29, 0.717) is 0 Å². The van der Waals surface area contributed by atoms with Crippen LogP contribution in [0.5, 0.6) is 0 Å². The van der Waals surface area contributed by atoms with E-state index in [9.17, 15) is 0 Å². The van der Waals surface area contributed by atoms with E-state index < -0.39 is 0 Å². The van der Waals surface area contributed by atoms with Gasteiger partial charge in [-0.25, -0.2) is 9.97 Å². The lowest BCUT2D eigenvalue weighted by Gasteiger charge is -2.15. The van der Waals surface area contributed by atoms with Gasteiger partial charge in [-0.1, -0.05) is 13.0 Å². The first-order chi connectivity index (χ1) is 8.40. The van der Waals surface area contributed by atoms with Crippen molar-refractivity contribution < 1.29 is 0 Å². The molecule has 0 bridgehead atoms. The van der Waals surface area contributed by atoms with Crippen LogP contribution in [0.3, 0.4) is 0 Å². The Hall–Kier alpha value is -1.26. The molecule has 0 radical (unpaired) electrons. The molecule has 2 heterocycles. The Labute approximate surface area is 106 Å². The van der Waals surface area contributed by atoms with Crippen molar-refractivity contribution in [2.45, 2.75) is 25.8 Å². The molecule has 4 heteroatoms. The van der Waals surface area contributed by atoms with Crippen LogP contribution in [0.1, 0.15) is 30.1 Å². The van der Waals surface area contributed by atoms with E-state index >= 15 is 0 Å². The fraction of sp³-hybridized carbons (Fsp3) is 0.385. The second-order valence-electron chi connectivity index (χ2n) is 3.84. The number of aromatic nitrogens is 2. The molecule has 1 unspecified atom stereocenters. The summed E-state index contributed by atoms with van der Waals surface area (Å²) in [6, 6.07) is 6.38. The Balaban J connectivity index is 1.98. The molecule has 3 nitrogen and oxygen atoms in total. The Kier molecular flexibility index (Phi) is 4.64. The van der Waals surface area contributed by atoms with Crippen molar-refractivity contribution >= 4 is 11.3 Å². The summed E-state index contributed by atoms with van der Waals surface area (Å²) in [7, 11) is 0. The molecule has 17 heavy (non-hydrogen) atoms. The number of rotatable bonds is 6. The van der Waals surface area contributed by atoms with Crippen molar-refractivity contribution in [3.63, 3.8) is 0 Å². The normalized spacial score (nSPS) is 12.5. The van der Waals surface area contributed by atoms with Gasteiger partial charge in [0.15, 0.2) is 0 Å². The van der Waals surface area contributed by atoms with Gasteiger partial charge < -0.3 is 5.32 Å². The average molecular weight is 247 g/mol. The molecule has 2 rings (SSSR count). The third-order valence-electron chi connectivity index (χ3n) is 2.61.